The number of pyridine rings is 2. The van der Waals surface area contributed by atoms with Gasteiger partial charge < -0.3 is 9.47 Å². The van der Waals surface area contributed by atoms with Gasteiger partial charge in [-0.25, -0.2) is 9.78 Å². The number of esters is 1. The second kappa shape index (κ2) is 5.66. The van der Waals surface area contributed by atoms with Gasteiger partial charge in [0.15, 0.2) is 5.69 Å². The second-order valence-electron chi connectivity index (χ2n) is 4.86. The lowest BCUT2D eigenvalue weighted by atomic mass is 10.1. The van der Waals surface area contributed by atoms with E-state index in [9.17, 15) is 18.0 Å². The van der Waals surface area contributed by atoms with Crippen LogP contribution in [0.25, 0.3) is 16.7 Å². The van der Waals surface area contributed by atoms with Crippen LogP contribution in [0, 0.1) is 0 Å². The molecule has 0 N–H and O–H groups in total. The fourth-order valence-corrected chi connectivity index (χ4v) is 2.35. The van der Waals surface area contributed by atoms with Crippen LogP contribution < -0.4 is 4.74 Å². The molecule has 3 aromatic rings. The smallest absolute Gasteiger partial charge is 0.417 e. The minimum atomic E-state index is -4.58. The van der Waals surface area contributed by atoms with Gasteiger partial charge in [0.05, 0.1) is 19.3 Å². The van der Waals surface area contributed by atoms with E-state index in [4.69, 9.17) is 9.47 Å². The van der Waals surface area contributed by atoms with Gasteiger partial charge in [-0.1, -0.05) is 0 Å². The summed E-state index contributed by atoms with van der Waals surface area (Å²) in [5, 5.41) is -0.122. The Morgan fingerprint density at radius 1 is 1.29 bits per heavy atom. The maximum Gasteiger partial charge on any atom is 0.417 e. The molecule has 0 radical (unpaired) electrons. The summed E-state index contributed by atoms with van der Waals surface area (Å²) < 4.78 is 50.9. The average Bonchev–Trinajstić information content (AvgIpc) is 2.97. The Labute approximate surface area is 133 Å². The topological polar surface area (TPSA) is 65.7 Å². The second-order valence-corrected chi connectivity index (χ2v) is 4.86. The lowest BCUT2D eigenvalue weighted by Crippen LogP contribution is -2.08. The number of methoxy groups -OCH3 is 1. The first-order valence-electron chi connectivity index (χ1n) is 6.96. The summed E-state index contributed by atoms with van der Waals surface area (Å²) in [5.41, 5.74) is -0.623. The molecule has 3 rings (SSSR count). The molecule has 126 valence electrons. The van der Waals surface area contributed by atoms with Crippen molar-refractivity contribution in [2.45, 2.75) is 13.1 Å². The number of imidazole rings is 1. The van der Waals surface area contributed by atoms with Gasteiger partial charge in [0.1, 0.15) is 11.3 Å². The van der Waals surface area contributed by atoms with Gasteiger partial charge in [-0.3, -0.25) is 4.40 Å². The summed E-state index contributed by atoms with van der Waals surface area (Å²) in [6.45, 7) is 1.81. The Bertz CT molecular complexity index is 934. The molecule has 0 saturated heterocycles. The number of hydrogen-bond donors (Lipinski definition) is 0. The van der Waals surface area contributed by atoms with Crippen LogP contribution in [0.1, 0.15) is 23.0 Å². The van der Waals surface area contributed by atoms with Crippen LogP contribution in [-0.4, -0.2) is 34.1 Å². The standard InChI is InChI=1S/C15H12F3N3O3/c1-3-24-14(22)10-7-21-11(19-10)5-4-8-9(15(16,17)18)6-12(23-2)20-13(8)21/h4-7H,3H2,1-2H3. The highest BCUT2D eigenvalue weighted by molar-refractivity contribution is 5.90. The minimum absolute atomic E-state index is 0.0115. The third-order valence-corrected chi connectivity index (χ3v) is 3.37. The number of hydrogen-bond acceptors (Lipinski definition) is 5. The van der Waals surface area contributed by atoms with Gasteiger partial charge in [-0.05, 0) is 19.1 Å². The molecule has 0 unspecified atom stereocenters. The van der Waals surface area contributed by atoms with Gasteiger partial charge in [0.25, 0.3) is 0 Å². The quantitative estimate of drug-likeness (QED) is 0.686. The van der Waals surface area contributed by atoms with Crippen molar-refractivity contribution in [2.75, 3.05) is 13.7 Å². The molecule has 9 heteroatoms. The van der Waals surface area contributed by atoms with Crippen molar-refractivity contribution in [3.63, 3.8) is 0 Å². The number of aromatic nitrogens is 3. The van der Waals surface area contributed by atoms with Gasteiger partial charge in [-0.2, -0.15) is 18.2 Å². The fourth-order valence-electron chi connectivity index (χ4n) is 2.35. The van der Waals surface area contributed by atoms with E-state index >= 15 is 0 Å². The van der Waals surface area contributed by atoms with Gasteiger partial charge in [0, 0.05) is 17.6 Å². The van der Waals surface area contributed by atoms with Crippen molar-refractivity contribution in [2.24, 2.45) is 0 Å². The van der Waals surface area contributed by atoms with Crippen LogP contribution in [0.5, 0.6) is 5.88 Å². The number of ether oxygens (including phenoxy) is 2. The first-order chi connectivity index (χ1) is 11.3. The fraction of sp³-hybridized carbons (Fsp3) is 0.267. The number of alkyl halides is 3. The predicted molar refractivity (Wildman–Crippen MR) is 78.0 cm³/mol. The van der Waals surface area contributed by atoms with Crippen molar-refractivity contribution in [1.82, 2.24) is 14.4 Å². The largest absolute Gasteiger partial charge is 0.481 e. The zero-order valence-corrected chi connectivity index (χ0v) is 12.7. The third kappa shape index (κ3) is 2.61. The molecule has 0 bridgehead atoms. The van der Waals surface area contributed by atoms with Crippen molar-refractivity contribution >= 4 is 22.6 Å². The van der Waals surface area contributed by atoms with Crippen LogP contribution in [0.4, 0.5) is 13.2 Å². The average molecular weight is 339 g/mol. The van der Waals surface area contributed by atoms with Crippen LogP contribution >= 0.6 is 0 Å². The van der Waals surface area contributed by atoms with E-state index in [1.165, 1.54) is 29.8 Å². The van der Waals surface area contributed by atoms with E-state index in [1.54, 1.807) is 6.92 Å². The van der Waals surface area contributed by atoms with E-state index in [0.717, 1.165) is 6.07 Å². The van der Waals surface area contributed by atoms with Crippen molar-refractivity contribution in [1.29, 1.82) is 0 Å². The van der Waals surface area contributed by atoms with Gasteiger partial charge >= 0.3 is 12.1 Å². The molecular formula is C15H12F3N3O3. The number of rotatable bonds is 3. The first kappa shape index (κ1) is 16.0. The molecule has 0 amide bonds. The number of nitrogens with zero attached hydrogens (tertiary/aromatic N) is 3. The highest BCUT2D eigenvalue weighted by atomic mass is 19.4. The molecule has 0 aliphatic rings. The highest BCUT2D eigenvalue weighted by Gasteiger charge is 2.34. The van der Waals surface area contributed by atoms with E-state index in [0.29, 0.717) is 0 Å². The van der Waals surface area contributed by atoms with Crippen LogP contribution in [0.15, 0.2) is 24.4 Å². The maximum absolute atomic E-state index is 13.3. The molecule has 24 heavy (non-hydrogen) atoms. The van der Waals surface area contributed by atoms with Crippen LogP contribution in [0.3, 0.4) is 0 Å². The monoisotopic (exact) mass is 339 g/mol. The number of halogens is 3. The summed E-state index contributed by atoms with van der Waals surface area (Å²) in [5.74, 6) is -0.845. The SMILES string of the molecule is CCOC(=O)c1cn2c(ccc3c(C(F)(F)F)cc(OC)nc32)n1. The maximum atomic E-state index is 13.3. The zero-order chi connectivity index (χ0) is 17.5. The van der Waals surface area contributed by atoms with Crippen molar-refractivity contribution in [3.8, 4) is 5.88 Å². The Hall–Kier alpha value is -2.84. The molecule has 0 spiro atoms. The molecule has 6 nitrogen and oxygen atoms in total. The lowest BCUT2D eigenvalue weighted by molar-refractivity contribution is -0.136. The zero-order valence-electron chi connectivity index (χ0n) is 12.7. The first-order valence-corrected chi connectivity index (χ1v) is 6.96. The molecule has 0 aliphatic carbocycles. The minimum Gasteiger partial charge on any atom is -0.481 e. The molecule has 0 aromatic carbocycles. The van der Waals surface area contributed by atoms with E-state index < -0.39 is 17.7 Å². The lowest BCUT2D eigenvalue weighted by Gasteiger charge is -2.12. The Kier molecular flexibility index (Phi) is 3.78. The predicted octanol–water partition coefficient (Wildman–Crippen LogP) is 3.09. The molecule has 3 aromatic heterocycles. The van der Waals surface area contributed by atoms with Gasteiger partial charge in [0.2, 0.25) is 5.88 Å². The molecule has 0 saturated carbocycles. The normalized spacial score (nSPS) is 11.9. The third-order valence-electron chi connectivity index (χ3n) is 3.37. The molecule has 0 aliphatic heterocycles. The van der Waals surface area contributed by atoms with E-state index in [1.807, 2.05) is 0 Å². The van der Waals surface area contributed by atoms with Crippen molar-refractivity contribution in [3.05, 3.63) is 35.7 Å². The molecule has 0 fully saturated rings. The number of fused-ring (bicyclic) bond motifs is 3. The van der Waals surface area contributed by atoms with E-state index in [-0.39, 0.29) is 34.9 Å². The summed E-state index contributed by atoms with van der Waals surface area (Å²) in [6.07, 6.45) is -3.28. The summed E-state index contributed by atoms with van der Waals surface area (Å²) in [6, 6.07) is 3.48. The van der Waals surface area contributed by atoms with Crippen molar-refractivity contribution < 1.29 is 27.4 Å². The summed E-state index contributed by atoms with van der Waals surface area (Å²) >= 11 is 0. The molecule has 3 heterocycles. The Morgan fingerprint density at radius 2 is 2.04 bits per heavy atom. The molecular weight excluding hydrogens is 327 g/mol. The summed E-state index contributed by atoms with van der Waals surface area (Å²) in [4.78, 5) is 19.9. The van der Waals surface area contributed by atoms with E-state index in [2.05, 4.69) is 9.97 Å². The Morgan fingerprint density at radius 3 is 2.67 bits per heavy atom. The van der Waals surface area contributed by atoms with Gasteiger partial charge in [-0.15, -0.1) is 0 Å². The number of carbonyl (C=O) groups is 1. The highest BCUT2D eigenvalue weighted by Crippen LogP contribution is 2.36. The summed E-state index contributed by atoms with van der Waals surface area (Å²) in [7, 11) is 1.23. The van der Waals surface area contributed by atoms with Crippen LogP contribution in [0.2, 0.25) is 0 Å². The Balaban J connectivity index is 2.32. The number of carbonyl (C=O) groups excluding carboxylic acids is 1. The van der Waals surface area contributed by atoms with Crippen LogP contribution in [-0.2, 0) is 10.9 Å². The molecule has 0 atom stereocenters.